The van der Waals surface area contributed by atoms with Crippen LogP contribution in [-0.4, -0.2) is 25.6 Å². The molecule has 1 aliphatic rings. The molecular weight excluding hydrogens is 347 g/mol. The van der Waals surface area contributed by atoms with Crippen LogP contribution < -0.4 is 4.74 Å². The summed E-state index contributed by atoms with van der Waals surface area (Å²) in [5, 5.41) is 0. The number of thiol groups is 1. The Balaban J connectivity index is 1.95. The van der Waals surface area contributed by atoms with Gasteiger partial charge in [0.05, 0.1) is 6.61 Å². The first kappa shape index (κ1) is 13.5. The molecule has 4 heteroatoms. The van der Waals surface area contributed by atoms with E-state index in [0.717, 1.165) is 44.2 Å². The second-order valence-corrected chi connectivity index (χ2v) is 6.08. The molecule has 0 spiro atoms. The van der Waals surface area contributed by atoms with E-state index in [2.05, 4.69) is 47.4 Å². The topological polar surface area (TPSA) is 18.5 Å². The maximum atomic E-state index is 5.91. The second-order valence-electron chi connectivity index (χ2n) is 4.52. The Kier molecular flexibility index (Phi) is 4.99. The molecular formula is C13H17IO2S. The van der Waals surface area contributed by atoms with Crippen molar-refractivity contribution in [2.75, 3.05) is 25.6 Å². The number of ether oxygens (including phenoxy) is 2. The van der Waals surface area contributed by atoms with Crippen LogP contribution in [0.5, 0.6) is 5.75 Å². The van der Waals surface area contributed by atoms with Gasteiger partial charge in [-0.2, -0.15) is 12.6 Å². The van der Waals surface area contributed by atoms with Gasteiger partial charge in [-0.1, -0.05) is 6.07 Å². The summed E-state index contributed by atoms with van der Waals surface area (Å²) in [6.07, 6.45) is 2.08. The standard InChI is InChI=1S/C13H17IO2S/c14-11-2-1-3-12(8-11)16-9-13(10-17)4-6-15-7-5-13/h1-3,8,17H,4-7,9-10H2. The molecule has 1 aromatic carbocycles. The lowest BCUT2D eigenvalue weighted by Crippen LogP contribution is -2.36. The van der Waals surface area contributed by atoms with E-state index in [9.17, 15) is 0 Å². The van der Waals surface area contributed by atoms with E-state index in [1.165, 1.54) is 3.57 Å². The highest BCUT2D eigenvalue weighted by atomic mass is 127. The summed E-state index contributed by atoms with van der Waals surface area (Å²) < 4.78 is 12.5. The molecule has 1 fully saturated rings. The van der Waals surface area contributed by atoms with Gasteiger partial charge in [-0.15, -0.1) is 0 Å². The average molecular weight is 364 g/mol. The lowest BCUT2D eigenvalue weighted by Gasteiger charge is -2.35. The normalized spacial score (nSPS) is 18.9. The van der Waals surface area contributed by atoms with Crippen LogP contribution in [0.1, 0.15) is 12.8 Å². The third kappa shape index (κ3) is 3.76. The predicted molar refractivity (Wildman–Crippen MR) is 81.0 cm³/mol. The summed E-state index contributed by atoms with van der Waals surface area (Å²) in [4.78, 5) is 0. The summed E-state index contributed by atoms with van der Waals surface area (Å²) in [6.45, 7) is 2.40. The quantitative estimate of drug-likeness (QED) is 0.652. The number of halogens is 1. The van der Waals surface area contributed by atoms with Crippen LogP contribution in [0.2, 0.25) is 0 Å². The SMILES string of the molecule is SCC1(COc2cccc(I)c2)CCOCC1. The Bertz CT molecular complexity index is 364. The fourth-order valence-corrected chi connectivity index (χ4v) is 2.87. The largest absolute Gasteiger partial charge is 0.493 e. The summed E-state index contributed by atoms with van der Waals surface area (Å²) in [5.41, 5.74) is 0.183. The van der Waals surface area contributed by atoms with Crippen LogP contribution in [0.4, 0.5) is 0 Å². The molecule has 0 N–H and O–H groups in total. The van der Waals surface area contributed by atoms with Gasteiger partial charge in [0, 0.05) is 22.2 Å². The molecule has 0 amide bonds. The van der Waals surface area contributed by atoms with Crippen molar-refractivity contribution in [2.45, 2.75) is 12.8 Å². The molecule has 2 nitrogen and oxygen atoms in total. The Morgan fingerprint density at radius 2 is 2.12 bits per heavy atom. The smallest absolute Gasteiger partial charge is 0.120 e. The maximum Gasteiger partial charge on any atom is 0.120 e. The maximum absolute atomic E-state index is 5.91. The van der Waals surface area contributed by atoms with Gasteiger partial charge in [0.25, 0.3) is 0 Å². The van der Waals surface area contributed by atoms with Gasteiger partial charge in [-0.05, 0) is 59.4 Å². The molecule has 1 heterocycles. The van der Waals surface area contributed by atoms with Gasteiger partial charge in [0.15, 0.2) is 0 Å². The molecule has 17 heavy (non-hydrogen) atoms. The van der Waals surface area contributed by atoms with Crippen molar-refractivity contribution in [1.82, 2.24) is 0 Å². The summed E-state index contributed by atoms with van der Waals surface area (Å²) >= 11 is 6.78. The molecule has 0 aliphatic carbocycles. The Morgan fingerprint density at radius 1 is 1.35 bits per heavy atom. The van der Waals surface area contributed by atoms with E-state index in [4.69, 9.17) is 9.47 Å². The number of hydrogen-bond acceptors (Lipinski definition) is 3. The minimum atomic E-state index is 0.183. The van der Waals surface area contributed by atoms with Crippen LogP contribution in [0.3, 0.4) is 0 Å². The Labute approximate surface area is 122 Å². The summed E-state index contributed by atoms with van der Waals surface area (Å²) in [5.74, 6) is 1.81. The van der Waals surface area contributed by atoms with Gasteiger partial charge >= 0.3 is 0 Å². The van der Waals surface area contributed by atoms with E-state index < -0.39 is 0 Å². The van der Waals surface area contributed by atoms with Crippen molar-refractivity contribution < 1.29 is 9.47 Å². The van der Waals surface area contributed by atoms with Crippen molar-refractivity contribution in [3.05, 3.63) is 27.8 Å². The molecule has 2 rings (SSSR count). The van der Waals surface area contributed by atoms with E-state index in [1.807, 2.05) is 12.1 Å². The van der Waals surface area contributed by atoms with Crippen LogP contribution >= 0.6 is 35.2 Å². The minimum absolute atomic E-state index is 0.183. The molecule has 1 aromatic rings. The van der Waals surface area contributed by atoms with E-state index >= 15 is 0 Å². The minimum Gasteiger partial charge on any atom is -0.493 e. The van der Waals surface area contributed by atoms with E-state index in [0.29, 0.717) is 0 Å². The molecule has 1 aliphatic heterocycles. The van der Waals surface area contributed by atoms with E-state index in [1.54, 1.807) is 0 Å². The predicted octanol–water partition coefficient (Wildman–Crippen LogP) is 3.40. The highest BCUT2D eigenvalue weighted by molar-refractivity contribution is 14.1. The van der Waals surface area contributed by atoms with Gasteiger partial charge in [0.1, 0.15) is 5.75 Å². The van der Waals surface area contributed by atoms with Crippen LogP contribution in [0.15, 0.2) is 24.3 Å². The molecule has 1 saturated heterocycles. The number of hydrogen-bond donors (Lipinski definition) is 1. The average Bonchev–Trinajstić information content (AvgIpc) is 2.38. The third-order valence-electron chi connectivity index (χ3n) is 3.23. The first-order chi connectivity index (χ1) is 8.24. The molecule has 0 atom stereocenters. The van der Waals surface area contributed by atoms with Gasteiger partial charge in [-0.25, -0.2) is 0 Å². The zero-order valence-electron chi connectivity index (χ0n) is 9.69. The second kappa shape index (κ2) is 6.29. The van der Waals surface area contributed by atoms with Crippen molar-refractivity contribution in [2.24, 2.45) is 5.41 Å². The first-order valence-electron chi connectivity index (χ1n) is 5.81. The first-order valence-corrected chi connectivity index (χ1v) is 7.52. The van der Waals surface area contributed by atoms with Crippen molar-refractivity contribution in [3.63, 3.8) is 0 Å². The molecule has 0 bridgehead atoms. The third-order valence-corrected chi connectivity index (χ3v) is 4.57. The summed E-state index contributed by atoms with van der Waals surface area (Å²) in [7, 11) is 0. The molecule has 0 saturated carbocycles. The monoisotopic (exact) mass is 364 g/mol. The van der Waals surface area contributed by atoms with Crippen molar-refractivity contribution >= 4 is 35.2 Å². The lowest BCUT2D eigenvalue weighted by atomic mass is 9.83. The van der Waals surface area contributed by atoms with Crippen LogP contribution in [0, 0.1) is 8.99 Å². The highest BCUT2D eigenvalue weighted by Crippen LogP contribution is 2.32. The molecule has 0 unspecified atom stereocenters. The Hall–Kier alpha value is 0.0600. The fourth-order valence-electron chi connectivity index (χ4n) is 1.95. The van der Waals surface area contributed by atoms with Gasteiger partial charge in [-0.3, -0.25) is 0 Å². The van der Waals surface area contributed by atoms with Crippen LogP contribution in [-0.2, 0) is 4.74 Å². The van der Waals surface area contributed by atoms with Crippen molar-refractivity contribution in [1.29, 1.82) is 0 Å². The fraction of sp³-hybridized carbons (Fsp3) is 0.538. The van der Waals surface area contributed by atoms with Gasteiger partial charge in [0.2, 0.25) is 0 Å². The molecule has 0 radical (unpaired) electrons. The van der Waals surface area contributed by atoms with E-state index in [-0.39, 0.29) is 5.41 Å². The highest BCUT2D eigenvalue weighted by Gasteiger charge is 2.32. The number of rotatable bonds is 4. The van der Waals surface area contributed by atoms with Crippen molar-refractivity contribution in [3.8, 4) is 5.75 Å². The molecule has 94 valence electrons. The Morgan fingerprint density at radius 3 is 2.76 bits per heavy atom. The van der Waals surface area contributed by atoms with Gasteiger partial charge < -0.3 is 9.47 Å². The number of benzene rings is 1. The summed E-state index contributed by atoms with van der Waals surface area (Å²) in [6, 6.07) is 8.16. The zero-order valence-corrected chi connectivity index (χ0v) is 12.7. The van der Waals surface area contributed by atoms with Crippen LogP contribution in [0.25, 0.3) is 0 Å². The molecule has 0 aromatic heterocycles. The lowest BCUT2D eigenvalue weighted by molar-refractivity contribution is 0.00310. The zero-order chi connectivity index (χ0) is 12.1.